The second-order valence-corrected chi connectivity index (χ2v) is 8.64. The molecule has 0 fully saturated rings. The summed E-state index contributed by atoms with van der Waals surface area (Å²) in [6.45, 7) is 4.65. The Morgan fingerprint density at radius 1 is 0.857 bits per heavy atom. The first-order valence-electron chi connectivity index (χ1n) is 7.44. The van der Waals surface area contributed by atoms with Crippen molar-refractivity contribution >= 4 is 18.5 Å². The van der Waals surface area contributed by atoms with Crippen molar-refractivity contribution < 1.29 is 0 Å². The highest BCUT2D eigenvalue weighted by molar-refractivity contribution is 7.74. The van der Waals surface area contributed by atoms with E-state index in [1.54, 1.807) is 0 Å². The second kappa shape index (κ2) is 6.00. The molecule has 1 unspecified atom stereocenters. The summed E-state index contributed by atoms with van der Waals surface area (Å²) < 4.78 is 0. The second-order valence-electron chi connectivity index (χ2n) is 5.91. The van der Waals surface area contributed by atoms with E-state index >= 15 is 0 Å². The van der Waals surface area contributed by atoms with Crippen LogP contribution in [0, 0.1) is 0 Å². The fraction of sp³-hybridized carbons (Fsp3) is 0.200. The van der Waals surface area contributed by atoms with E-state index in [2.05, 4.69) is 92.7 Å². The summed E-state index contributed by atoms with van der Waals surface area (Å²) >= 11 is 0. The minimum Gasteiger partial charge on any atom is -0.0734 e. The van der Waals surface area contributed by atoms with Crippen molar-refractivity contribution in [2.45, 2.75) is 25.4 Å². The molecule has 0 amide bonds. The Hall–Kier alpha value is -1.65. The summed E-state index contributed by atoms with van der Waals surface area (Å²) in [5.74, 6) is 0. The maximum Gasteiger partial charge on any atom is 0.0176 e. The zero-order valence-electron chi connectivity index (χ0n) is 12.7. The van der Waals surface area contributed by atoms with E-state index in [0.29, 0.717) is 0 Å². The normalized spacial score (nSPS) is 21.4. The summed E-state index contributed by atoms with van der Waals surface area (Å²) in [6.07, 6.45) is 8.02. The molecule has 0 radical (unpaired) electrons. The Morgan fingerprint density at radius 3 is 1.86 bits per heavy atom. The van der Waals surface area contributed by atoms with E-state index in [4.69, 9.17) is 0 Å². The lowest BCUT2D eigenvalue weighted by Gasteiger charge is -2.38. The van der Waals surface area contributed by atoms with Gasteiger partial charge in [-0.3, -0.25) is 0 Å². The van der Waals surface area contributed by atoms with Crippen LogP contribution >= 0.6 is 7.92 Å². The topological polar surface area (TPSA) is 0 Å². The minimum absolute atomic E-state index is 0.191. The Kier molecular flexibility index (Phi) is 4.08. The predicted octanol–water partition coefficient (Wildman–Crippen LogP) is 4.78. The molecule has 0 spiro atoms. The lowest BCUT2D eigenvalue weighted by Crippen LogP contribution is -2.31. The molecule has 2 aromatic rings. The Morgan fingerprint density at radius 2 is 1.38 bits per heavy atom. The number of hydrogen-bond donors (Lipinski definition) is 0. The molecular weight excluding hydrogens is 271 g/mol. The van der Waals surface area contributed by atoms with Crippen molar-refractivity contribution in [1.29, 1.82) is 0 Å². The third-order valence-corrected chi connectivity index (χ3v) is 6.97. The van der Waals surface area contributed by atoms with Gasteiger partial charge in [-0.25, -0.2) is 0 Å². The van der Waals surface area contributed by atoms with Gasteiger partial charge >= 0.3 is 0 Å². The van der Waals surface area contributed by atoms with Gasteiger partial charge < -0.3 is 0 Å². The molecule has 1 atom stereocenters. The summed E-state index contributed by atoms with van der Waals surface area (Å²) in [5, 5.41) is 3.11. The molecule has 3 rings (SSSR count). The van der Waals surface area contributed by atoms with Gasteiger partial charge in [0, 0.05) is 5.16 Å². The number of allylic oxidation sites excluding steroid dienone is 4. The van der Waals surface area contributed by atoms with E-state index in [0.717, 1.165) is 6.42 Å². The predicted molar refractivity (Wildman–Crippen MR) is 95.0 cm³/mol. The molecule has 0 nitrogen and oxygen atoms in total. The maximum atomic E-state index is 2.41. The summed E-state index contributed by atoms with van der Waals surface area (Å²) in [5.41, 5.74) is 1.47. The van der Waals surface area contributed by atoms with Crippen molar-refractivity contribution in [2.24, 2.45) is 0 Å². The molecule has 0 saturated heterocycles. The van der Waals surface area contributed by atoms with Crippen LogP contribution in [0.15, 0.2) is 84.5 Å². The summed E-state index contributed by atoms with van der Waals surface area (Å²) in [4.78, 5) is 0. The van der Waals surface area contributed by atoms with E-state index in [-0.39, 0.29) is 5.16 Å². The quantitative estimate of drug-likeness (QED) is 0.714. The van der Waals surface area contributed by atoms with Crippen LogP contribution in [0.1, 0.15) is 20.3 Å². The van der Waals surface area contributed by atoms with E-state index in [9.17, 15) is 0 Å². The van der Waals surface area contributed by atoms with Gasteiger partial charge in [0.25, 0.3) is 0 Å². The highest BCUT2D eigenvalue weighted by Gasteiger charge is 2.35. The van der Waals surface area contributed by atoms with Gasteiger partial charge in [-0.2, -0.15) is 0 Å². The Balaban J connectivity index is 2.10. The van der Waals surface area contributed by atoms with Gasteiger partial charge in [-0.05, 0) is 31.9 Å². The van der Waals surface area contributed by atoms with Crippen LogP contribution in [0.4, 0.5) is 0 Å². The SMILES string of the molecule is CC1=CC=CC(C)(P(c2ccccc2)c2ccccc2)C1. The van der Waals surface area contributed by atoms with Gasteiger partial charge in [0.1, 0.15) is 0 Å². The maximum absolute atomic E-state index is 2.41. The molecule has 0 N–H and O–H groups in total. The van der Waals surface area contributed by atoms with Crippen LogP contribution in [0.25, 0.3) is 0 Å². The fourth-order valence-electron chi connectivity index (χ4n) is 3.15. The van der Waals surface area contributed by atoms with Crippen LogP contribution in [0.3, 0.4) is 0 Å². The zero-order chi connectivity index (χ0) is 14.7. The zero-order valence-corrected chi connectivity index (χ0v) is 13.6. The van der Waals surface area contributed by atoms with Crippen molar-refractivity contribution in [3.05, 3.63) is 84.5 Å². The number of rotatable bonds is 3. The average molecular weight is 292 g/mol. The molecule has 2 aromatic carbocycles. The van der Waals surface area contributed by atoms with E-state index in [1.807, 2.05) is 0 Å². The van der Waals surface area contributed by atoms with Crippen LogP contribution in [-0.4, -0.2) is 5.16 Å². The smallest absolute Gasteiger partial charge is 0.0176 e. The molecule has 1 aliphatic carbocycles. The molecule has 1 heteroatoms. The van der Waals surface area contributed by atoms with Gasteiger partial charge in [0.2, 0.25) is 0 Å². The van der Waals surface area contributed by atoms with Crippen molar-refractivity contribution in [3.63, 3.8) is 0 Å². The van der Waals surface area contributed by atoms with Crippen molar-refractivity contribution in [2.75, 3.05) is 0 Å². The standard InChI is InChI=1S/C20H21P/c1-17-10-9-15-20(2,16-17)21(18-11-5-3-6-12-18)19-13-7-4-8-14-19/h3-15H,16H2,1-2H3. The third kappa shape index (κ3) is 3.01. The molecule has 21 heavy (non-hydrogen) atoms. The van der Waals surface area contributed by atoms with E-state index in [1.165, 1.54) is 16.2 Å². The Labute approximate surface area is 129 Å². The molecule has 0 bridgehead atoms. The van der Waals surface area contributed by atoms with Crippen molar-refractivity contribution in [3.8, 4) is 0 Å². The molecule has 0 saturated carbocycles. The average Bonchev–Trinajstić information content (AvgIpc) is 2.49. The molecule has 0 aliphatic heterocycles. The lowest BCUT2D eigenvalue weighted by molar-refractivity contribution is 0.755. The largest absolute Gasteiger partial charge is 0.0734 e. The van der Waals surface area contributed by atoms with Crippen molar-refractivity contribution in [1.82, 2.24) is 0 Å². The van der Waals surface area contributed by atoms with Gasteiger partial charge in [-0.15, -0.1) is 0 Å². The van der Waals surface area contributed by atoms with Gasteiger partial charge in [-0.1, -0.05) is 91.4 Å². The van der Waals surface area contributed by atoms with Gasteiger partial charge in [0.05, 0.1) is 0 Å². The fourth-order valence-corrected chi connectivity index (χ4v) is 6.21. The first-order valence-corrected chi connectivity index (χ1v) is 8.78. The first-order chi connectivity index (χ1) is 10.2. The highest BCUT2D eigenvalue weighted by atomic mass is 31.1. The minimum atomic E-state index is -0.405. The number of hydrogen-bond acceptors (Lipinski definition) is 0. The third-order valence-electron chi connectivity index (χ3n) is 4.01. The molecule has 1 aliphatic rings. The first kappa shape index (κ1) is 14.3. The van der Waals surface area contributed by atoms with Gasteiger partial charge in [0.15, 0.2) is 0 Å². The lowest BCUT2D eigenvalue weighted by atomic mass is 9.96. The monoisotopic (exact) mass is 292 g/mol. The molecule has 0 heterocycles. The highest BCUT2D eigenvalue weighted by Crippen LogP contribution is 2.52. The van der Waals surface area contributed by atoms with E-state index < -0.39 is 7.92 Å². The summed E-state index contributed by atoms with van der Waals surface area (Å²) in [7, 11) is -0.405. The molecular formula is C20H21P. The molecule has 106 valence electrons. The van der Waals surface area contributed by atoms with Crippen LogP contribution in [0.5, 0.6) is 0 Å². The molecule has 0 aromatic heterocycles. The number of benzene rings is 2. The van der Waals surface area contributed by atoms with Crippen LogP contribution < -0.4 is 10.6 Å². The summed E-state index contributed by atoms with van der Waals surface area (Å²) in [6, 6.07) is 22.0. The van der Waals surface area contributed by atoms with Crippen LogP contribution in [-0.2, 0) is 0 Å². The Bertz CT molecular complexity index is 615. The van der Waals surface area contributed by atoms with Crippen LogP contribution in [0.2, 0.25) is 0 Å².